The van der Waals surface area contributed by atoms with Crippen LogP contribution in [0.1, 0.15) is 43.7 Å². The predicted octanol–water partition coefficient (Wildman–Crippen LogP) is 4.56. The van der Waals surface area contributed by atoms with E-state index >= 15 is 0 Å². The van der Waals surface area contributed by atoms with Crippen LogP contribution in [-0.2, 0) is 6.54 Å². The third-order valence-electron chi connectivity index (χ3n) is 4.39. The molecule has 2 aromatic rings. The molecular weight excluding hydrogens is 416 g/mol. The van der Waals surface area contributed by atoms with Crippen molar-refractivity contribution in [3.05, 3.63) is 63.7 Å². The van der Waals surface area contributed by atoms with Gasteiger partial charge in [0.25, 0.3) is 0 Å². The van der Waals surface area contributed by atoms with Gasteiger partial charge in [0.15, 0.2) is 10.9 Å². The van der Waals surface area contributed by atoms with Crippen molar-refractivity contribution in [2.24, 2.45) is 5.10 Å². The van der Waals surface area contributed by atoms with Gasteiger partial charge in [-0.15, -0.1) is 0 Å². The van der Waals surface area contributed by atoms with Crippen LogP contribution in [0.15, 0.2) is 47.6 Å². The molecule has 2 rings (SSSR count). The first-order chi connectivity index (χ1) is 15.0. The molecule has 0 aliphatic carbocycles. The molecule has 0 radical (unpaired) electrons. The molecule has 0 bridgehead atoms. The number of nitro benzene ring substituents is 1. The second-order valence-corrected chi connectivity index (χ2v) is 7.18. The van der Waals surface area contributed by atoms with Crippen LogP contribution < -0.4 is 20.2 Å². The van der Waals surface area contributed by atoms with Crippen molar-refractivity contribution in [1.82, 2.24) is 10.7 Å². The highest BCUT2D eigenvalue weighted by molar-refractivity contribution is 7.80. The van der Waals surface area contributed by atoms with Gasteiger partial charge in [0, 0.05) is 18.2 Å². The minimum atomic E-state index is -0.485. The number of nitro groups is 1. The van der Waals surface area contributed by atoms with Crippen molar-refractivity contribution in [2.45, 2.75) is 39.2 Å². The first-order valence-corrected chi connectivity index (χ1v) is 10.6. The Balaban J connectivity index is 2.00. The Bertz CT molecular complexity index is 891. The van der Waals surface area contributed by atoms with E-state index in [1.54, 1.807) is 6.07 Å². The van der Waals surface area contributed by atoms with E-state index in [0.717, 1.165) is 31.2 Å². The van der Waals surface area contributed by atoms with Crippen molar-refractivity contribution in [2.75, 3.05) is 13.7 Å². The number of hydrogen-bond donors (Lipinski definition) is 2. The molecule has 0 fully saturated rings. The number of rotatable bonds is 12. The molecular formula is C22H28N4O4S. The number of nitrogens with one attached hydrogen (secondary N) is 2. The standard InChI is InChI=1S/C22H28N4O4S/c1-3-4-5-9-12-30-21-19(26(27)28)13-18(14-20(21)29-2)16-24-25-22(31)23-15-17-10-7-6-8-11-17/h6-8,10-11,13-14,16H,3-5,9,12,15H2,1-2H3,(H2,23,25,31)/b24-16-. The number of ether oxygens (including phenoxy) is 2. The SMILES string of the molecule is CCCCCCOc1c(OC)cc(/C=N\NC(=S)NCc2ccccc2)cc1[N+](=O)[O-]. The Labute approximate surface area is 187 Å². The highest BCUT2D eigenvalue weighted by atomic mass is 32.1. The number of thiocarbonyl (C=S) groups is 1. The van der Waals surface area contributed by atoms with E-state index in [4.69, 9.17) is 21.7 Å². The molecule has 0 unspecified atom stereocenters. The Morgan fingerprint density at radius 2 is 2.00 bits per heavy atom. The Kier molecular flexibility index (Phi) is 10.2. The largest absolute Gasteiger partial charge is 0.493 e. The summed E-state index contributed by atoms with van der Waals surface area (Å²) in [4.78, 5) is 11.1. The van der Waals surface area contributed by atoms with E-state index in [1.807, 2.05) is 30.3 Å². The molecule has 2 N–H and O–H groups in total. The predicted molar refractivity (Wildman–Crippen MR) is 126 cm³/mol. The zero-order valence-electron chi connectivity index (χ0n) is 17.8. The van der Waals surface area contributed by atoms with Crippen LogP contribution >= 0.6 is 12.2 Å². The van der Waals surface area contributed by atoms with Crippen molar-refractivity contribution >= 4 is 29.2 Å². The molecule has 0 aliphatic rings. The Morgan fingerprint density at radius 3 is 2.68 bits per heavy atom. The molecule has 8 nitrogen and oxygen atoms in total. The first kappa shape index (κ1) is 24.1. The number of unbranched alkanes of at least 4 members (excludes halogenated alkanes) is 3. The number of benzene rings is 2. The zero-order valence-corrected chi connectivity index (χ0v) is 18.6. The van der Waals surface area contributed by atoms with Gasteiger partial charge in [0.05, 0.1) is 24.9 Å². The highest BCUT2D eigenvalue weighted by Gasteiger charge is 2.22. The molecule has 0 atom stereocenters. The van der Waals surface area contributed by atoms with Crippen LogP contribution in [0.4, 0.5) is 5.69 Å². The van der Waals surface area contributed by atoms with Crippen LogP contribution in [0, 0.1) is 10.1 Å². The summed E-state index contributed by atoms with van der Waals surface area (Å²) in [5.41, 5.74) is 4.11. The van der Waals surface area contributed by atoms with Crippen LogP contribution in [0.25, 0.3) is 0 Å². The minimum absolute atomic E-state index is 0.133. The lowest BCUT2D eigenvalue weighted by Crippen LogP contribution is -2.31. The van der Waals surface area contributed by atoms with Crippen LogP contribution in [-0.4, -0.2) is 30.0 Å². The zero-order chi connectivity index (χ0) is 22.5. The smallest absolute Gasteiger partial charge is 0.315 e. The first-order valence-electron chi connectivity index (χ1n) is 10.1. The van der Waals surface area contributed by atoms with Crippen LogP contribution in [0.3, 0.4) is 0 Å². The van der Waals surface area contributed by atoms with Crippen LogP contribution in [0.5, 0.6) is 11.5 Å². The molecule has 0 saturated carbocycles. The van der Waals surface area contributed by atoms with E-state index in [-0.39, 0.29) is 17.2 Å². The molecule has 0 aromatic heterocycles. The second kappa shape index (κ2) is 13.2. The van der Waals surface area contributed by atoms with Gasteiger partial charge in [0.2, 0.25) is 5.75 Å². The van der Waals surface area contributed by atoms with Gasteiger partial charge in [-0.1, -0.05) is 56.5 Å². The van der Waals surface area contributed by atoms with Crippen molar-refractivity contribution < 1.29 is 14.4 Å². The van der Waals surface area contributed by atoms with Gasteiger partial charge in [-0.2, -0.15) is 5.10 Å². The van der Waals surface area contributed by atoms with Gasteiger partial charge in [-0.3, -0.25) is 15.5 Å². The van der Waals surface area contributed by atoms with Gasteiger partial charge in [-0.05, 0) is 30.3 Å². The Hall–Kier alpha value is -3.20. The van der Waals surface area contributed by atoms with Crippen molar-refractivity contribution in [3.8, 4) is 11.5 Å². The van der Waals surface area contributed by atoms with E-state index in [1.165, 1.54) is 19.4 Å². The number of methoxy groups -OCH3 is 1. The second-order valence-electron chi connectivity index (χ2n) is 6.78. The minimum Gasteiger partial charge on any atom is -0.493 e. The molecule has 166 valence electrons. The average Bonchev–Trinajstić information content (AvgIpc) is 2.78. The van der Waals surface area contributed by atoms with Crippen molar-refractivity contribution in [3.63, 3.8) is 0 Å². The normalized spacial score (nSPS) is 10.6. The number of hydrogen-bond acceptors (Lipinski definition) is 6. The summed E-state index contributed by atoms with van der Waals surface area (Å²) >= 11 is 5.19. The summed E-state index contributed by atoms with van der Waals surface area (Å²) in [5.74, 6) is 0.421. The van der Waals surface area contributed by atoms with E-state index in [9.17, 15) is 10.1 Å². The summed E-state index contributed by atoms with van der Waals surface area (Å²) in [6.07, 6.45) is 5.50. The molecule has 0 aliphatic heterocycles. The maximum Gasteiger partial charge on any atom is 0.315 e. The molecule has 9 heteroatoms. The average molecular weight is 445 g/mol. The topological polar surface area (TPSA) is 98.0 Å². The molecule has 0 heterocycles. The molecule has 0 amide bonds. The maximum atomic E-state index is 11.6. The maximum absolute atomic E-state index is 11.6. The van der Waals surface area contributed by atoms with Gasteiger partial charge in [-0.25, -0.2) is 0 Å². The summed E-state index contributed by atoms with van der Waals surface area (Å²) in [7, 11) is 1.45. The molecule has 0 saturated heterocycles. The monoisotopic (exact) mass is 444 g/mol. The van der Waals surface area contributed by atoms with E-state index in [0.29, 0.717) is 23.8 Å². The molecule has 0 spiro atoms. The fraction of sp³-hybridized carbons (Fsp3) is 0.364. The lowest BCUT2D eigenvalue weighted by atomic mass is 10.1. The summed E-state index contributed by atoms with van der Waals surface area (Å²) in [5, 5.41) is 19.0. The molecule has 31 heavy (non-hydrogen) atoms. The lowest BCUT2D eigenvalue weighted by molar-refractivity contribution is -0.386. The van der Waals surface area contributed by atoms with Crippen molar-refractivity contribution in [1.29, 1.82) is 0 Å². The summed E-state index contributed by atoms with van der Waals surface area (Å²) in [6.45, 7) is 3.08. The molecule has 2 aromatic carbocycles. The lowest BCUT2D eigenvalue weighted by Gasteiger charge is -2.12. The quantitative estimate of drug-likeness (QED) is 0.163. The fourth-order valence-corrected chi connectivity index (χ4v) is 2.93. The van der Waals surface area contributed by atoms with E-state index < -0.39 is 4.92 Å². The van der Waals surface area contributed by atoms with Gasteiger partial charge >= 0.3 is 5.69 Å². The fourth-order valence-electron chi connectivity index (χ4n) is 2.80. The third-order valence-corrected chi connectivity index (χ3v) is 4.63. The van der Waals surface area contributed by atoms with Crippen LogP contribution in [0.2, 0.25) is 0 Å². The third kappa shape index (κ3) is 8.21. The summed E-state index contributed by atoms with van der Waals surface area (Å²) in [6, 6.07) is 12.8. The summed E-state index contributed by atoms with van der Waals surface area (Å²) < 4.78 is 11.0. The van der Waals surface area contributed by atoms with Gasteiger partial charge in [0.1, 0.15) is 0 Å². The Morgan fingerprint density at radius 1 is 1.23 bits per heavy atom. The number of nitrogens with zero attached hydrogens (tertiary/aromatic N) is 2. The highest BCUT2D eigenvalue weighted by Crippen LogP contribution is 2.38. The van der Waals surface area contributed by atoms with Gasteiger partial charge < -0.3 is 14.8 Å². The van der Waals surface area contributed by atoms with E-state index in [2.05, 4.69) is 22.8 Å². The number of hydrazone groups is 1.